The molecule has 0 saturated carbocycles. The third-order valence-corrected chi connectivity index (χ3v) is 3.36. The van der Waals surface area contributed by atoms with Crippen LogP contribution in [0.1, 0.15) is 67.2 Å². The predicted octanol–water partition coefficient (Wildman–Crippen LogP) is 3.89. The second-order valence-electron chi connectivity index (χ2n) is 4.72. The van der Waals surface area contributed by atoms with Gasteiger partial charge in [0, 0.05) is 6.54 Å². The molecule has 0 fully saturated rings. The molecule has 3 heteroatoms. The molecule has 0 bridgehead atoms. The lowest BCUT2D eigenvalue weighted by Gasteiger charge is -2.13. The maximum atomic E-state index is 12.0. The molecule has 0 N–H and O–H groups in total. The number of hydrogen-bond acceptors (Lipinski definition) is 2. The summed E-state index contributed by atoms with van der Waals surface area (Å²) in [6.07, 6.45) is 5.60. The largest absolute Gasteiger partial charge is 0.274 e. The van der Waals surface area contributed by atoms with E-state index in [2.05, 4.69) is 6.92 Å². The van der Waals surface area contributed by atoms with E-state index in [1.165, 1.54) is 24.2 Å². The van der Waals surface area contributed by atoms with Gasteiger partial charge in [-0.3, -0.25) is 14.5 Å². The molecule has 104 valence electrons. The van der Waals surface area contributed by atoms with Crippen molar-refractivity contribution in [1.29, 1.82) is 0 Å². The lowest BCUT2D eigenvalue weighted by Crippen LogP contribution is -2.30. The molecule has 3 nitrogen and oxygen atoms in total. The lowest BCUT2D eigenvalue weighted by molar-refractivity contribution is 0.0651. The van der Waals surface area contributed by atoms with Crippen LogP contribution in [0, 0.1) is 0 Å². The fourth-order valence-electron chi connectivity index (χ4n) is 2.32. The Morgan fingerprint density at radius 2 is 1.42 bits per heavy atom. The minimum atomic E-state index is -0.133. The van der Waals surface area contributed by atoms with E-state index < -0.39 is 0 Å². The van der Waals surface area contributed by atoms with E-state index in [1.807, 2.05) is 0 Å². The minimum absolute atomic E-state index is 0. The second kappa shape index (κ2) is 7.07. The summed E-state index contributed by atoms with van der Waals surface area (Å²) in [5, 5.41) is 0. The van der Waals surface area contributed by atoms with E-state index in [4.69, 9.17) is 0 Å². The number of carbonyl (C=O) groups is 2. The van der Waals surface area contributed by atoms with E-state index in [1.54, 1.807) is 24.3 Å². The van der Waals surface area contributed by atoms with Crippen LogP contribution in [0.5, 0.6) is 0 Å². The number of unbranched alkanes of at least 4 members (excludes halogenated alkanes) is 4. The summed E-state index contributed by atoms with van der Waals surface area (Å²) in [5.41, 5.74) is 1.10. The van der Waals surface area contributed by atoms with Gasteiger partial charge in [0.15, 0.2) is 0 Å². The van der Waals surface area contributed by atoms with Gasteiger partial charge in [0.25, 0.3) is 11.8 Å². The second-order valence-corrected chi connectivity index (χ2v) is 4.72. The Morgan fingerprint density at radius 3 is 1.95 bits per heavy atom. The third kappa shape index (κ3) is 3.22. The molecule has 0 saturated heterocycles. The molecule has 0 radical (unpaired) electrons. The van der Waals surface area contributed by atoms with Gasteiger partial charge in [-0.1, -0.05) is 52.2 Å². The monoisotopic (exact) mass is 261 g/mol. The first kappa shape index (κ1) is 15.4. The van der Waals surface area contributed by atoms with Crippen LogP contribution in [-0.2, 0) is 0 Å². The van der Waals surface area contributed by atoms with E-state index in [0.717, 1.165) is 12.8 Å². The number of benzene rings is 1. The van der Waals surface area contributed by atoms with Crippen LogP contribution in [0.15, 0.2) is 24.3 Å². The molecule has 1 heterocycles. The number of hydrogen-bond donors (Lipinski definition) is 0. The van der Waals surface area contributed by atoms with Crippen molar-refractivity contribution >= 4 is 11.8 Å². The Morgan fingerprint density at radius 1 is 0.895 bits per heavy atom. The number of nitrogens with zero attached hydrogens (tertiary/aromatic N) is 1. The van der Waals surface area contributed by atoms with Crippen LogP contribution >= 0.6 is 0 Å². The molecule has 0 spiro atoms. The summed E-state index contributed by atoms with van der Waals surface area (Å²) in [6.45, 7) is 2.72. The first-order valence-electron chi connectivity index (χ1n) is 6.71. The molecule has 2 amide bonds. The summed E-state index contributed by atoms with van der Waals surface area (Å²) < 4.78 is 0. The molecule has 19 heavy (non-hydrogen) atoms. The van der Waals surface area contributed by atoms with Gasteiger partial charge in [-0.05, 0) is 18.6 Å². The average molecular weight is 261 g/mol. The molecule has 2 rings (SSSR count). The van der Waals surface area contributed by atoms with Crippen LogP contribution in [0.25, 0.3) is 0 Å². The SMILES string of the molecule is C.CCCCCCCN1C(=O)c2ccccc2C1=O. The fraction of sp³-hybridized carbons (Fsp3) is 0.500. The predicted molar refractivity (Wildman–Crippen MR) is 77.3 cm³/mol. The summed E-state index contributed by atoms with van der Waals surface area (Å²) >= 11 is 0. The van der Waals surface area contributed by atoms with Crippen molar-refractivity contribution in [2.45, 2.75) is 46.5 Å². The van der Waals surface area contributed by atoms with E-state index in [9.17, 15) is 9.59 Å². The highest BCUT2D eigenvalue weighted by molar-refractivity contribution is 6.21. The standard InChI is InChI=1S/C15H19NO2.CH4/c1-2-3-4-5-8-11-16-14(17)12-9-6-7-10-13(12)15(16)18;/h6-7,9-10H,2-5,8,11H2,1H3;1H4. The van der Waals surface area contributed by atoms with Gasteiger partial charge in [-0.2, -0.15) is 0 Å². The lowest BCUT2D eigenvalue weighted by atomic mass is 10.1. The van der Waals surface area contributed by atoms with Gasteiger partial charge in [-0.15, -0.1) is 0 Å². The quantitative estimate of drug-likeness (QED) is 0.575. The first-order chi connectivity index (χ1) is 8.75. The maximum Gasteiger partial charge on any atom is 0.261 e. The molecule has 1 aliphatic rings. The van der Waals surface area contributed by atoms with Crippen molar-refractivity contribution < 1.29 is 9.59 Å². The number of carbonyl (C=O) groups excluding carboxylic acids is 2. The molecule has 1 aromatic rings. The highest BCUT2D eigenvalue weighted by Crippen LogP contribution is 2.22. The Kier molecular flexibility index (Phi) is 5.74. The number of fused-ring (bicyclic) bond motifs is 1. The van der Waals surface area contributed by atoms with Crippen molar-refractivity contribution in [3.05, 3.63) is 35.4 Å². The van der Waals surface area contributed by atoms with Gasteiger partial charge < -0.3 is 0 Å². The van der Waals surface area contributed by atoms with Crippen LogP contribution < -0.4 is 0 Å². The zero-order valence-corrected chi connectivity index (χ0v) is 10.8. The number of amides is 2. The fourth-order valence-corrected chi connectivity index (χ4v) is 2.32. The van der Waals surface area contributed by atoms with Crippen LogP contribution in [-0.4, -0.2) is 23.3 Å². The highest BCUT2D eigenvalue weighted by Gasteiger charge is 2.34. The Hall–Kier alpha value is -1.64. The van der Waals surface area contributed by atoms with Gasteiger partial charge in [0.05, 0.1) is 11.1 Å². The van der Waals surface area contributed by atoms with Crippen LogP contribution in [0.3, 0.4) is 0 Å². The first-order valence-corrected chi connectivity index (χ1v) is 6.71. The Balaban J connectivity index is 0.00000180. The number of rotatable bonds is 6. The molecule has 0 unspecified atom stereocenters. The smallest absolute Gasteiger partial charge is 0.261 e. The third-order valence-electron chi connectivity index (χ3n) is 3.36. The Labute approximate surface area is 115 Å². The minimum Gasteiger partial charge on any atom is -0.274 e. The van der Waals surface area contributed by atoms with Crippen LogP contribution in [0.4, 0.5) is 0 Å². The maximum absolute atomic E-state index is 12.0. The van der Waals surface area contributed by atoms with Gasteiger partial charge in [-0.25, -0.2) is 0 Å². The van der Waals surface area contributed by atoms with Crippen molar-refractivity contribution in [1.82, 2.24) is 4.90 Å². The summed E-state index contributed by atoms with van der Waals surface area (Å²) in [7, 11) is 0. The van der Waals surface area contributed by atoms with E-state index >= 15 is 0 Å². The molecule has 0 aliphatic carbocycles. The van der Waals surface area contributed by atoms with Crippen LogP contribution in [0.2, 0.25) is 0 Å². The zero-order chi connectivity index (χ0) is 13.0. The molecular weight excluding hydrogens is 238 g/mol. The van der Waals surface area contributed by atoms with Crippen molar-refractivity contribution in [3.63, 3.8) is 0 Å². The van der Waals surface area contributed by atoms with Crippen molar-refractivity contribution in [3.8, 4) is 0 Å². The zero-order valence-electron chi connectivity index (χ0n) is 10.8. The van der Waals surface area contributed by atoms with E-state index in [0.29, 0.717) is 17.7 Å². The summed E-state index contributed by atoms with van der Waals surface area (Å²) in [5.74, 6) is -0.266. The number of imide groups is 1. The molecule has 1 aromatic carbocycles. The topological polar surface area (TPSA) is 37.4 Å². The molecule has 0 aromatic heterocycles. The molecular formula is C16H23NO2. The molecule has 1 aliphatic heterocycles. The average Bonchev–Trinajstić information content (AvgIpc) is 2.64. The Bertz CT molecular complexity index is 419. The van der Waals surface area contributed by atoms with Crippen molar-refractivity contribution in [2.24, 2.45) is 0 Å². The molecule has 0 atom stereocenters. The van der Waals surface area contributed by atoms with Gasteiger partial charge in [0.2, 0.25) is 0 Å². The normalized spacial score (nSPS) is 13.4. The van der Waals surface area contributed by atoms with Gasteiger partial charge in [0.1, 0.15) is 0 Å². The summed E-state index contributed by atoms with van der Waals surface area (Å²) in [4.78, 5) is 25.4. The highest BCUT2D eigenvalue weighted by atomic mass is 16.2. The van der Waals surface area contributed by atoms with Crippen molar-refractivity contribution in [2.75, 3.05) is 6.54 Å². The van der Waals surface area contributed by atoms with E-state index in [-0.39, 0.29) is 19.2 Å². The summed E-state index contributed by atoms with van der Waals surface area (Å²) in [6, 6.07) is 7.06. The van der Waals surface area contributed by atoms with Gasteiger partial charge >= 0.3 is 0 Å².